The van der Waals surface area contributed by atoms with Crippen LogP contribution in [0.3, 0.4) is 0 Å². The topological polar surface area (TPSA) is 18.5 Å². The van der Waals surface area contributed by atoms with Crippen LogP contribution in [-0.4, -0.2) is 28.3 Å². The van der Waals surface area contributed by atoms with Crippen LogP contribution >= 0.6 is 0 Å². The molecule has 0 amide bonds. The van der Waals surface area contributed by atoms with Gasteiger partial charge in [0.05, 0.1) is 5.60 Å². The van der Waals surface area contributed by atoms with Crippen LogP contribution in [-0.2, 0) is 8.85 Å². The summed E-state index contributed by atoms with van der Waals surface area (Å²) in [5, 5.41) is 0.572. The van der Waals surface area contributed by atoms with Crippen molar-refractivity contribution < 1.29 is 8.85 Å². The van der Waals surface area contributed by atoms with E-state index in [2.05, 4.69) is 101 Å². The molecule has 0 spiro atoms. The molecule has 5 rings (SSSR count). The molecule has 0 N–H and O–H groups in total. The Labute approximate surface area is 282 Å². The van der Waals surface area contributed by atoms with E-state index in [0.717, 1.165) is 35.5 Å². The van der Waals surface area contributed by atoms with Crippen LogP contribution in [0.15, 0.2) is 23.3 Å². The molecule has 4 heteroatoms. The maximum atomic E-state index is 7.24. The van der Waals surface area contributed by atoms with Gasteiger partial charge >= 0.3 is 0 Å². The minimum absolute atomic E-state index is 0.172. The summed E-state index contributed by atoms with van der Waals surface area (Å²) in [7, 11) is -3.50. The Morgan fingerprint density at radius 2 is 1.53 bits per heavy atom. The number of rotatable bonds is 9. The summed E-state index contributed by atoms with van der Waals surface area (Å²) in [6, 6.07) is 0. The van der Waals surface area contributed by atoms with Crippen molar-refractivity contribution in [3.8, 4) is 0 Å². The zero-order valence-electron chi connectivity index (χ0n) is 32.2. The van der Waals surface area contributed by atoms with E-state index in [1.54, 1.807) is 5.57 Å². The first-order valence-electron chi connectivity index (χ1n) is 19.5. The molecule has 0 aromatic rings. The molecule has 0 aliphatic heterocycles. The van der Waals surface area contributed by atoms with Crippen molar-refractivity contribution in [3.05, 3.63) is 23.3 Å². The minimum atomic E-state index is -1.75. The maximum Gasteiger partial charge on any atom is 0.192 e. The quantitative estimate of drug-likeness (QED) is 0.230. The molecule has 5 aliphatic rings. The van der Waals surface area contributed by atoms with Crippen LogP contribution in [0.5, 0.6) is 0 Å². The van der Waals surface area contributed by atoms with Gasteiger partial charge in [-0.2, -0.15) is 0 Å². The second-order valence-corrected chi connectivity index (χ2v) is 29.8. The molecule has 8 atom stereocenters. The molecule has 0 heterocycles. The summed E-state index contributed by atoms with van der Waals surface area (Å²) in [5.74, 6) is 4.77. The number of allylic oxidation sites excluding steroid dienone is 3. The molecule has 0 bridgehead atoms. The zero-order chi connectivity index (χ0) is 33.2. The fourth-order valence-electron chi connectivity index (χ4n) is 10.8. The third-order valence-electron chi connectivity index (χ3n) is 15.3. The summed E-state index contributed by atoms with van der Waals surface area (Å²) in [6.45, 7) is 32.1. The van der Waals surface area contributed by atoms with E-state index in [-0.39, 0.29) is 10.6 Å². The van der Waals surface area contributed by atoms with Crippen molar-refractivity contribution >= 4 is 16.6 Å². The predicted octanol–water partition coefficient (Wildman–Crippen LogP) is 12.9. The highest BCUT2D eigenvalue weighted by Gasteiger charge is 2.55. The highest BCUT2D eigenvalue weighted by molar-refractivity contribution is 6.74. The summed E-state index contributed by atoms with van der Waals surface area (Å²) >= 11 is 0. The molecule has 2 nitrogen and oxygen atoms in total. The first-order valence-corrected chi connectivity index (χ1v) is 25.3. The Morgan fingerprint density at radius 1 is 0.889 bits per heavy atom. The van der Waals surface area contributed by atoms with Gasteiger partial charge < -0.3 is 8.85 Å². The molecular formula is C41H74O2Si2. The lowest BCUT2D eigenvalue weighted by Gasteiger charge is -2.53. The Kier molecular flexibility index (Phi) is 10.1. The second kappa shape index (κ2) is 12.6. The van der Waals surface area contributed by atoms with Crippen LogP contribution in [0.2, 0.25) is 36.3 Å². The van der Waals surface area contributed by atoms with Crippen LogP contribution in [0.4, 0.5) is 0 Å². The SMILES string of the molecule is C[C@@H]1C[C@H](O[Si](C)(C)C(C)(C)C)CC2=CC=C3[C@H](CC[C@]4(C)[C@@H]([C@@H](C)CCCC5(O[Si](C)(C)C(C)(C)C)CCCC5)CC[C@@H]34)C21. The average molecular weight is 655 g/mol. The Morgan fingerprint density at radius 3 is 2.16 bits per heavy atom. The summed E-state index contributed by atoms with van der Waals surface area (Å²) in [4.78, 5) is 0. The van der Waals surface area contributed by atoms with Gasteiger partial charge in [0.2, 0.25) is 0 Å². The van der Waals surface area contributed by atoms with Gasteiger partial charge in [-0.1, -0.05) is 111 Å². The zero-order valence-corrected chi connectivity index (χ0v) is 34.2. The third kappa shape index (κ3) is 6.98. The van der Waals surface area contributed by atoms with E-state index < -0.39 is 16.6 Å². The van der Waals surface area contributed by atoms with Crippen LogP contribution < -0.4 is 0 Å². The van der Waals surface area contributed by atoms with Crippen molar-refractivity contribution in [3.63, 3.8) is 0 Å². The first-order chi connectivity index (χ1) is 20.7. The fourth-order valence-corrected chi connectivity index (χ4v) is 13.9. The van der Waals surface area contributed by atoms with Crippen molar-refractivity contribution in [2.24, 2.45) is 40.9 Å². The predicted molar refractivity (Wildman–Crippen MR) is 200 cm³/mol. The Balaban J connectivity index is 1.23. The Hall–Kier alpha value is -0.166. The largest absolute Gasteiger partial charge is 0.414 e. The maximum absolute atomic E-state index is 7.24. The van der Waals surface area contributed by atoms with E-state index in [4.69, 9.17) is 8.85 Å². The average Bonchev–Trinajstić information content (AvgIpc) is 3.50. The second-order valence-electron chi connectivity index (χ2n) is 20.4. The molecule has 5 aliphatic carbocycles. The van der Waals surface area contributed by atoms with Gasteiger partial charge in [-0.3, -0.25) is 0 Å². The van der Waals surface area contributed by atoms with Crippen molar-refractivity contribution in [1.82, 2.24) is 0 Å². The first kappa shape index (κ1) is 36.1. The van der Waals surface area contributed by atoms with Gasteiger partial charge in [-0.05, 0) is 135 Å². The van der Waals surface area contributed by atoms with Gasteiger partial charge in [0.1, 0.15) is 0 Å². The third-order valence-corrected chi connectivity index (χ3v) is 24.4. The molecule has 4 fully saturated rings. The van der Waals surface area contributed by atoms with E-state index in [0.29, 0.717) is 16.6 Å². The standard InChI is InChI=1S/C41H74O2Si2/c1-29(17-16-25-41(23-14-15-24-41)43-45(12,13)39(6,7)8)35-20-21-36-33-19-18-31-28-32(42-44(10,11)38(3,4)5)27-30(2)37(31)34(33)22-26-40(35,36)9/h18-19,29-30,32,34-37H,14-17,20-28H2,1-13H3/t29-,30+,32-,34-,35+,36-,37?,40+/m0/s1. The summed E-state index contributed by atoms with van der Waals surface area (Å²) in [5.41, 5.74) is 4.24. The number of fused-ring (bicyclic) bond motifs is 5. The molecule has 45 heavy (non-hydrogen) atoms. The summed E-state index contributed by atoms with van der Waals surface area (Å²) in [6.07, 6.45) is 23.1. The van der Waals surface area contributed by atoms with Crippen molar-refractivity contribution in [1.29, 1.82) is 0 Å². The van der Waals surface area contributed by atoms with Gasteiger partial charge in [0.15, 0.2) is 16.6 Å². The van der Waals surface area contributed by atoms with E-state index in [9.17, 15) is 0 Å². The van der Waals surface area contributed by atoms with Crippen LogP contribution in [0.1, 0.15) is 146 Å². The number of hydrogen-bond acceptors (Lipinski definition) is 2. The molecule has 0 aromatic heterocycles. The number of hydrogen-bond donors (Lipinski definition) is 0. The van der Waals surface area contributed by atoms with Gasteiger partial charge in [0.25, 0.3) is 0 Å². The highest BCUT2D eigenvalue weighted by atomic mass is 28.4. The van der Waals surface area contributed by atoms with Crippen molar-refractivity contribution in [2.75, 3.05) is 0 Å². The molecule has 0 aromatic carbocycles. The molecule has 1 unspecified atom stereocenters. The van der Waals surface area contributed by atoms with E-state index in [1.807, 2.05) is 5.57 Å². The molecular weight excluding hydrogens is 581 g/mol. The van der Waals surface area contributed by atoms with Crippen molar-refractivity contribution in [2.45, 2.75) is 194 Å². The lowest BCUT2D eigenvalue weighted by Crippen LogP contribution is -2.49. The van der Waals surface area contributed by atoms with Gasteiger partial charge in [0, 0.05) is 6.10 Å². The van der Waals surface area contributed by atoms with E-state index in [1.165, 1.54) is 83.5 Å². The molecule has 258 valence electrons. The van der Waals surface area contributed by atoms with Crippen LogP contribution in [0.25, 0.3) is 0 Å². The van der Waals surface area contributed by atoms with Gasteiger partial charge in [-0.15, -0.1) is 0 Å². The highest BCUT2D eigenvalue weighted by Crippen LogP contribution is 2.64. The fraction of sp³-hybridized carbons (Fsp3) is 0.902. The summed E-state index contributed by atoms with van der Waals surface area (Å²) < 4.78 is 14.2. The minimum Gasteiger partial charge on any atom is -0.414 e. The normalized spacial score (nSPS) is 36.1. The van der Waals surface area contributed by atoms with Gasteiger partial charge in [-0.25, -0.2) is 0 Å². The monoisotopic (exact) mass is 655 g/mol. The lowest BCUT2D eigenvalue weighted by molar-refractivity contribution is 0.0360. The lowest BCUT2D eigenvalue weighted by atomic mass is 9.53. The smallest absolute Gasteiger partial charge is 0.192 e. The molecule has 0 radical (unpaired) electrons. The van der Waals surface area contributed by atoms with Crippen LogP contribution in [0, 0.1) is 40.9 Å². The van der Waals surface area contributed by atoms with E-state index >= 15 is 0 Å². The molecule has 0 saturated heterocycles. The molecule has 4 saturated carbocycles. The Bertz CT molecular complexity index is 1110.